The summed E-state index contributed by atoms with van der Waals surface area (Å²) in [5.74, 6) is 0. The van der Waals surface area contributed by atoms with Crippen LogP contribution < -0.4 is 0 Å². The lowest BCUT2D eigenvalue weighted by Gasteiger charge is -2.01. The molecule has 1 heterocycles. The highest BCUT2D eigenvalue weighted by atomic mass is 35.5. The molecule has 0 aliphatic heterocycles. The number of hydrogen-bond acceptors (Lipinski definition) is 3. The molecule has 1 aromatic heterocycles. The molecule has 0 N–H and O–H groups in total. The number of aromatic nitrogens is 2. The van der Waals surface area contributed by atoms with Crippen LogP contribution in [0.3, 0.4) is 0 Å². The summed E-state index contributed by atoms with van der Waals surface area (Å²) in [6.07, 6.45) is 0. The van der Waals surface area contributed by atoms with Crippen molar-refractivity contribution in [3.63, 3.8) is 0 Å². The third kappa shape index (κ3) is 1.74. The number of nitrogens with zero attached hydrogens (tertiary/aromatic N) is 2. The zero-order valence-electron chi connectivity index (χ0n) is 8.72. The van der Waals surface area contributed by atoms with Gasteiger partial charge in [-0.15, -0.1) is 0 Å². The van der Waals surface area contributed by atoms with Gasteiger partial charge in [-0.2, -0.15) is 0 Å². The van der Waals surface area contributed by atoms with Crippen LogP contribution in [0.25, 0.3) is 22.1 Å². The van der Waals surface area contributed by atoms with Crippen molar-refractivity contribution < 1.29 is 4.79 Å². The third-order valence-corrected chi connectivity index (χ3v) is 2.78. The molecule has 0 amide bonds. The van der Waals surface area contributed by atoms with E-state index in [9.17, 15) is 4.79 Å². The van der Waals surface area contributed by atoms with Crippen LogP contribution in [0.2, 0.25) is 0 Å². The molecule has 0 fully saturated rings. The van der Waals surface area contributed by atoms with Gasteiger partial charge in [0.1, 0.15) is 0 Å². The van der Waals surface area contributed by atoms with Gasteiger partial charge in [0, 0.05) is 5.56 Å². The summed E-state index contributed by atoms with van der Waals surface area (Å²) in [5, 5.41) is -0.484. The Kier molecular flexibility index (Phi) is 2.27. The van der Waals surface area contributed by atoms with Gasteiger partial charge in [-0.25, -0.2) is 9.97 Å². The summed E-state index contributed by atoms with van der Waals surface area (Å²) < 4.78 is 0. The molecule has 0 saturated heterocycles. The molecule has 82 valence electrons. The minimum absolute atomic E-state index is 0.434. The number of fused-ring (bicyclic) bond motifs is 2. The Labute approximate surface area is 102 Å². The summed E-state index contributed by atoms with van der Waals surface area (Å²) in [4.78, 5) is 20.0. The van der Waals surface area contributed by atoms with Crippen molar-refractivity contribution >= 4 is 38.9 Å². The van der Waals surface area contributed by atoms with Crippen LogP contribution in [-0.4, -0.2) is 15.2 Å². The maximum atomic E-state index is 11.1. The van der Waals surface area contributed by atoms with Crippen LogP contribution in [0.5, 0.6) is 0 Å². The number of carbonyl (C=O) groups is 1. The fraction of sp³-hybridized carbons (Fsp3) is 0. The van der Waals surface area contributed by atoms with Crippen LogP contribution in [0.4, 0.5) is 0 Å². The highest BCUT2D eigenvalue weighted by molar-refractivity contribution is 6.67. The second kappa shape index (κ2) is 3.79. The number of benzene rings is 2. The van der Waals surface area contributed by atoms with Crippen LogP contribution in [0, 0.1) is 0 Å². The molecule has 0 spiro atoms. The van der Waals surface area contributed by atoms with Crippen LogP contribution >= 0.6 is 11.6 Å². The summed E-state index contributed by atoms with van der Waals surface area (Å²) in [6, 6.07) is 12.7. The molecule has 3 rings (SSSR count). The standard InChI is InChI=1S/C13H7ClN2O/c14-13(17)8-5-6-11-12(7-8)16-10-4-2-1-3-9(10)15-11/h1-7H. The summed E-state index contributed by atoms with van der Waals surface area (Å²) in [7, 11) is 0. The molecular formula is C13H7ClN2O. The van der Waals surface area contributed by atoms with E-state index in [0.29, 0.717) is 11.1 Å². The van der Waals surface area contributed by atoms with Crippen molar-refractivity contribution in [1.29, 1.82) is 0 Å². The smallest absolute Gasteiger partial charge is 0.252 e. The molecule has 4 heteroatoms. The van der Waals surface area contributed by atoms with E-state index in [2.05, 4.69) is 9.97 Å². The van der Waals surface area contributed by atoms with Gasteiger partial charge in [-0.1, -0.05) is 12.1 Å². The molecule has 17 heavy (non-hydrogen) atoms. The fourth-order valence-corrected chi connectivity index (χ4v) is 1.86. The van der Waals surface area contributed by atoms with Crippen molar-refractivity contribution in [3.8, 4) is 0 Å². The van der Waals surface area contributed by atoms with Gasteiger partial charge in [-0.3, -0.25) is 4.79 Å². The summed E-state index contributed by atoms with van der Waals surface area (Å²) in [6.45, 7) is 0. The Bertz CT molecular complexity index is 740. The molecule has 0 aliphatic rings. The topological polar surface area (TPSA) is 42.9 Å². The number of halogens is 1. The van der Waals surface area contributed by atoms with Gasteiger partial charge in [0.25, 0.3) is 5.24 Å². The molecule has 0 atom stereocenters. The van der Waals surface area contributed by atoms with Gasteiger partial charge >= 0.3 is 0 Å². The van der Waals surface area contributed by atoms with Crippen molar-refractivity contribution in [2.45, 2.75) is 0 Å². The minimum Gasteiger partial charge on any atom is -0.276 e. The van der Waals surface area contributed by atoms with Crippen LogP contribution in [-0.2, 0) is 0 Å². The van der Waals surface area contributed by atoms with Crippen molar-refractivity contribution in [2.24, 2.45) is 0 Å². The maximum absolute atomic E-state index is 11.1. The monoisotopic (exact) mass is 242 g/mol. The highest BCUT2D eigenvalue weighted by Gasteiger charge is 2.05. The predicted octanol–water partition coefficient (Wildman–Crippen LogP) is 3.16. The number of para-hydroxylation sites is 2. The molecule has 3 nitrogen and oxygen atoms in total. The number of rotatable bonds is 1. The molecule has 0 saturated carbocycles. The first-order chi connectivity index (χ1) is 8.24. The quantitative estimate of drug-likeness (QED) is 0.486. The Hall–Kier alpha value is -2.00. The predicted molar refractivity (Wildman–Crippen MR) is 67.2 cm³/mol. The zero-order valence-corrected chi connectivity index (χ0v) is 9.48. The Morgan fingerprint density at radius 2 is 1.47 bits per heavy atom. The van der Waals surface area contributed by atoms with E-state index in [4.69, 9.17) is 11.6 Å². The second-order valence-corrected chi connectivity index (χ2v) is 4.03. The van der Waals surface area contributed by atoms with Crippen LogP contribution in [0.15, 0.2) is 42.5 Å². The van der Waals surface area contributed by atoms with Crippen molar-refractivity contribution in [1.82, 2.24) is 9.97 Å². The van der Waals surface area contributed by atoms with E-state index in [1.54, 1.807) is 18.2 Å². The van der Waals surface area contributed by atoms with Crippen LogP contribution in [0.1, 0.15) is 10.4 Å². The molecule has 0 bridgehead atoms. The molecule has 0 aliphatic carbocycles. The molecular weight excluding hydrogens is 236 g/mol. The average Bonchev–Trinajstić information content (AvgIpc) is 2.35. The zero-order chi connectivity index (χ0) is 11.8. The maximum Gasteiger partial charge on any atom is 0.252 e. The number of carbonyl (C=O) groups excluding carboxylic acids is 1. The van der Waals surface area contributed by atoms with Gasteiger partial charge in [-0.05, 0) is 41.9 Å². The van der Waals surface area contributed by atoms with Gasteiger partial charge in [0.05, 0.1) is 22.1 Å². The SMILES string of the molecule is O=C(Cl)c1ccc2nc3ccccc3nc2c1. The normalized spacial score (nSPS) is 10.9. The number of hydrogen-bond donors (Lipinski definition) is 0. The fourth-order valence-electron chi connectivity index (χ4n) is 1.74. The Morgan fingerprint density at radius 1 is 0.882 bits per heavy atom. The Morgan fingerprint density at radius 3 is 2.12 bits per heavy atom. The van der Waals surface area contributed by atoms with E-state index in [0.717, 1.165) is 16.6 Å². The largest absolute Gasteiger partial charge is 0.276 e. The van der Waals surface area contributed by atoms with E-state index in [1.165, 1.54) is 0 Å². The first kappa shape index (κ1) is 10.2. The third-order valence-electron chi connectivity index (χ3n) is 2.57. The molecule has 0 unspecified atom stereocenters. The van der Waals surface area contributed by atoms with E-state index >= 15 is 0 Å². The minimum atomic E-state index is -0.484. The van der Waals surface area contributed by atoms with E-state index in [-0.39, 0.29) is 0 Å². The van der Waals surface area contributed by atoms with E-state index in [1.807, 2.05) is 24.3 Å². The first-order valence-corrected chi connectivity index (χ1v) is 5.48. The molecule has 3 aromatic rings. The Balaban J connectivity index is 2.36. The van der Waals surface area contributed by atoms with Gasteiger partial charge in [0.2, 0.25) is 0 Å². The molecule has 0 radical (unpaired) electrons. The lowest BCUT2D eigenvalue weighted by Crippen LogP contribution is -1.92. The van der Waals surface area contributed by atoms with Crippen molar-refractivity contribution in [2.75, 3.05) is 0 Å². The molecule has 2 aromatic carbocycles. The second-order valence-electron chi connectivity index (χ2n) is 3.69. The average molecular weight is 243 g/mol. The van der Waals surface area contributed by atoms with Crippen molar-refractivity contribution in [3.05, 3.63) is 48.0 Å². The summed E-state index contributed by atoms with van der Waals surface area (Å²) >= 11 is 5.43. The first-order valence-electron chi connectivity index (χ1n) is 5.10. The lowest BCUT2D eigenvalue weighted by atomic mass is 10.2. The van der Waals surface area contributed by atoms with Gasteiger partial charge < -0.3 is 0 Å². The highest BCUT2D eigenvalue weighted by Crippen LogP contribution is 2.17. The summed E-state index contributed by atoms with van der Waals surface area (Å²) in [5.41, 5.74) is 3.51. The van der Waals surface area contributed by atoms with Gasteiger partial charge in [0.15, 0.2) is 0 Å². The lowest BCUT2D eigenvalue weighted by molar-refractivity contribution is 0.108. The van der Waals surface area contributed by atoms with E-state index < -0.39 is 5.24 Å².